The number of nitrogens with zero attached hydrogens (tertiary/aromatic N) is 3. The number of hydrogen-bond acceptors (Lipinski definition) is 18. The van der Waals surface area contributed by atoms with Crippen molar-refractivity contribution in [1.82, 2.24) is 23.9 Å². The van der Waals surface area contributed by atoms with Crippen molar-refractivity contribution in [1.29, 1.82) is 0 Å². The van der Waals surface area contributed by atoms with E-state index in [1.54, 1.807) is 66.7 Å². The van der Waals surface area contributed by atoms with Gasteiger partial charge in [-0.25, -0.2) is 25.3 Å². The van der Waals surface area contributed by atoms with Gasteiger partial charge in [0.1, 0.15) is 18.3 Å². The summed E-state index contributed by atoms with van der Waals surface area (Å²) < 4.78 is 110. The van der Waals surface area contributed by atoms with Crippen LogP contribution < -0.4 is 10.1 Å². The smallest absolute Gasteiger partial charge is 0.295 e. The van der Waals surface area contributed by atoms with Gasteiger partial charge in [-0.1, -0.05) is 136 Å². The maximum absolute atomic E-state index is 12.9. The van der Waals surface area contributed by atoms with Crippen LogP contribution in [-0.2, 0) is 52.8 Å². The number of halogens is 4. The summed E-state index contributed by atoms with van der Waals surface area (Å²) in [5.41, 5.74) is 8.83. The second kappa shape index (κ2) is 37.3. The number of rotatable bonds is 26. The van der Waals surface area contributed by atoms with Gasteiger partial charge in [0.15, 0.2) is 6.10 Å². The molecular formula is C65H77Br2Cl2N5O16S3. The average Bonchev–Trinajstić information content (AvgIpc) is 1.76. The zero-order chi connectivity index (χ0) is 66.4. The first-order chi connectivity index (χ1) is 44.1. The highest BCUT2D eigenvalue weighted by Gasteiger charge is 2.48. The number of aliphatic hydroxyl groups excluding tert-OH is 4. The first kappa shape index (κ1) is 76.7. The van der Waals surface area contributed by atoms with Gasteiger partial charge in [0.2, 0.25) is 20.0 Å². The zero-order valence-electron chi connectivity index (χ0n) is 50.5. The normalized spacial score (nSPS) is 16.1. The van der Waals surface area contributed by atoms with E-state index in [9.17, 15) is 30.4 Å². The Kier molecular flexibility index (Phi) is 30.8. The highest BCUT2D eigenvalue weighted by Crippen LogP contribution is 2.36. The van der Waals surface area contributed by atoms with Crippen molar-refractivity contribution in [3.8, 4) is 50.5 Å². The van der Waals surface area contributed by atoms with Gasteiger partial charge >= 0.3 is 0 Å². The summed E-state index contributed by atoms with van der Waals surface area (Å²) in [6.07, 6.45) is -1.76. The van der Waals surface area contributed by atoms with Crippen LogP contribution in [0.3, 0.4) is 0 Å². The van der Waals surface area contributed by atoms with Crippen LogP contribution in [0, 0.1) is 0 Å². The molecule has 7 aromatic carbocycles. The molecular weight excluding hydrogens is 1430 g/mol. The number of H-pyrrole nitrogens is 1. The van der Waals surface area contributed by atoms with Crippen LogP contribution in [0.25, 0.3) is 55.5 Å². The number of benzene rings is 7. The van der Waals surface area contributed by atoms with Gasteiger partial charge in [0.05, 0.1) is 103 Å². The molecule has 2 saturated heterocycles. The molecule has 0 radical (unpaired) electrons. The Morgan fingerprint density at radius 2 is 0.957 bits per heavy atom. The van der Waals surface area contributed by atoms with Crippen LogP contribution in [-0.4, -0.2) is 202 Å². The van der Waals surface area contributed by atoms with Crippen molar-refractivity contribution in [2.45, 2.75) is 46.5 Å². The Morgan fingerprint density at radius 3 is 1.38 bits per heavy atom. The van der Waals surface area contributed by atoms with Crippen molar-refractivity contribution < 1.29 is 74.1 Å². The number of imidazole rings is 1. The second-order valence-electron chi connectivity index (χ2n) is 20.6. The summed E-state index contributed by atoms with van der Waals surface area (Å²) in [7, 11) is -0.737. The molecule has 0 spiro atoms. The number of fused-ring (bicyclic) bond motifs is 2. The molecule has 2 fully saturated rings. The summed E-state index contributed by atoms with van der Waals surface area (Å²) >= 11 is 13.4. The van der Waals surface area contributed by atoms with Gasteiger partial charge in [-0.2, -0.15) is 13.6 Å². The Labute approximate surface area is 570 Å². The van der Waals surface area contributed by atoms with Crippen molar-refractivity contribution in [2.24, 2.45) is 0 Å². The van der Waals surface area contributed by atoms with Gasteiger partial charge in [-0.05, 0) is 119 Å². The third-order valence-corrected chi connectivity index (χ3v) is 20.7. The Bertz CT molecular complexity index is 3920. The third-order valence-electron chi connectivity index (χ3n) is 14.2. The van der Waals surface area contributed by atoms with Gasteiger partial charge in [-0.15, -0.1) is 0 Å². The lowest BCUT2D eigenvalue weighted by molar-refractivity contribution is 0.00706. The molecule has 8 aromatic rings. The molecule has 0 aliphatic carbocycles. The molecule has 10 rings (SSSR count). The number of likely N-dealkylation sites (N-methyl/N-ethyl adjacent to an activating group) is 3. The third kappa shape index (κ3) is 22.1. The lowest BCUT2D eigenvalue weighted by atomic mass is 10.00. The first-order valence-corrected chi connectivity index (χ1v) is 36.0. The summed E-state index contributed by atoms with van der Waals surface area (Å²) in [5.74, 6) is 0. The van der Waals surface area contributed by atoms with Gasteiger partial charge in [-0.3, -0.25) is 0 Å². The topological polar surface area (TPSA) is 286 Å². The van der Waals surface area contributed by atoms with Crippen molar-refractivity contribution in [2.75, 3.05) is 113 Å². The minimum absolute atomic E-state index is 0. The Morgan fingerprint density at radius 1 is 0.570 bits per heavy atom. The number of sulfonamides is 2. The van der Waals surface area contributed by atoms with Gasteiger partial charge in [0.25, 0.3) is 15.1 Å². The molecule has 1 aromatic heterocycles. The molecule has 21 nitrogen and oxygen atoms in total. The summed E-state index contributed by atoms with van der Waals surface area (Å²) in [6.45, 7) is 3.66. The van der Waals surface area contributed by atoms with Crippen LogP contribution >= 0.6 is 54.1 Å². The highest BCUT2D eigenvalue weighted by atomic mass is 79.9. The predicted octanol–water partition coefficient (Wildman–Crippen LogP) is 9.73. The molecule has 3 heterocycles. The lowest BCUT2D eigenvalue weighted by Gasteiger charge is -2.17. The van der Waals surface area contributed by atoms with Gasteiger partial charge < -0.3 is 59.1 Å². The fraction of sp³-hybridized carbons (Fsp3) is 0.338. The fourth-order valence-electron chi connectivity index (χ4n) is 9.21. The predicted molar refractivity (Wildman–Crippen MR) is 368 cm³/mol. The quantitative estimate of drug-likeness (QED) is 0.0217. The van der Waals surface area contributed by atoms with E-state index in [-0.39, 0.29) is 106 Å². The van der Waals surface area contributed by atoms with Crippen molar-refractivity contribution in [3.05, 3.63) is 172 Å². The Hall–Kier alpha value is -5.28. The zero-order valence-corrected chi connectivity index (χ0v) is 57.6. The first-order valence-electron chi connectivity index (χ1n) is 28.9. The van der Waals surface area contributed by atoms with E-state index in [2.05, 4.69) is 47.1 Å². The highest BCUT2D eigenvalue weighted by molar-refractivity contribution is 9.10. The number of nitrogens with one attached hydrogen (secondary N) is 2. The summed E-state index contributed by atoms with van der Waals surface area (Å²) in [5, 5.41) is 39.1. The van der Waals surface area contributed by atoms with Crippen LogP contribution in [0.2, 0.25) is 5.02 Å². The Balaban J connectivity index is 0.000000230. The molecule has 504 valence electrons. The van der Waals surface area contributed by atoms with E-state index in [0.717, 1.165) is 65.5 Å². The minimum atomic E-state index is -3.67. The summed E-state index contributed by atoms with van der Waals surface area (Å²) in [4.78, 5) is 8.28. The molecule has 28 heteroatoms. The molecule has 6 N–H and O–H groups in total. The van der Waals surface area contributed by atoms with Crippen molar-refractivity contribution >= 4 is 94.3 Å². The van der Waals surface area contributed by atoms with Crippen LogP contribution in [0.4, 0.5) is 0 Å². The number of ether oxygens (including phenoxy) is 6. The maximum Gasteiger partial charge on any atom is 0.295 e. The number of aromatic amines is 1. The van der Waals surface area contributed by atoms with Crippen molar-refractivity contribution in [3.63, 3.8) is 0 Å². The fourth-order valence-corrected chi connectivity index (χ4v) is 13.1. The lowest BCUT2D eigenvalue weighted by Crippen LogP contribution is -2.34. The van der Waals surface area contributed by atoms with E-state index >= 15 is 0 Å². The van der Waals surface area contributed by atoms with E-state index in [1.165, 1.54) is 34.8 Å². The monoisotopic (exact) mass is 1510 g/mol. The molecule has 93 heavy (non-hydrogen) atoms. The van der Waals surface area contributed by atoms with Crippen LogP contribution in [0.5, 0.6) is 6.01 Å². The molecule has 2 aliphatic rings. The van der Waals surface area contributed by atoms with E-state index in [1.807, 2.05) is 85.9 Å². The SMILES string of the molecule is C.CN(CCOCCO)S(=O)(=O)c1ccc(-c2ccc(-c3cc4nc(O[C@@H]5CO[C@H]6[C@@H]5OC[C@H]6O)[nH]c4cc3Cl)cc2)cc1.CN(CCOCCO)S(=O)(=O)c1ccc(-c2ccc(Br)cc2)cc1.CNCCOCCO.O=S(=O)(Cl)c1ccc(-c2ccc(Br)cc2)cc1. The average molecular weight is 1510 g/mol. The van der Waals surface area contributed by atoms with E-state index < -0.39 is 35.2 Å². The molecule has 0 saturated carbocycles. The maximum atomic E-state index is 12.9. The number of aliphatic hydroxyl groups is 4. The number of aromatic nitrogens is 2. The minimum Gasteiger partial charge on any atom is -0.456 e. The summed E-state index contributed by atoms with van der Waals surface area (Å²) in [6, 6.07) is 47.4. The number of hydrogen-bond donors (Lipinski definition) is 6. The molecule has 0 bridgehead atoms. The molecule has 0 amide bonds. The van der Waals surface area contributed by atoms with Gasteiger partial charge in [0, 0.05) is 58.9 Å². The molecule has 4 atom stereocenters. The van der Waals surface area contributed by atoms with Crippen LogP contribution in [0.15, 0.2) is 181 Å². The standard InChI is InChI=1S/C30H32ClN3O8S.C17H20BrNO4S.C12H8BrClO2S.C5H13NO2.CH4/c1-34(10-12-39-13-11-35)43(37,38)21-8-6-19(7-9-21)18-2-4-20(5-3-18)22-14-24-25(15-23(22)31)33-30(32-24)42-27-17-41-28-26(36)16-40-29(27)28;1-19(10-12-23-13-11-20)24(21,22)17-8-4-15(5-9-17)14-2-6-16(18)7-3-14;13-11-5-1-9(2-6-11)10-3-7-12(8-4-10)17(14,15)16;1-6-2-4-8-5-3-7;/h2-9,14-15,26-29,35-36H,10-13,16-17H2,1H3,(H,32,33);2-9,20H,10-13H2,1H3;1-8H;6-7H,2-5H2,1H3;1H4/t26-,27-,28-,29-;;;;/m1..../s1. The molecule has 0 unspecified atom stereocenters. The van der Waals surface area contributed by atoms with Crippen LogP contribution in [0.1, 0.15) is 7.43 Å². The molecule has 2 aliphatic heterocycles. The second-order valence-corrected chi connectivity index (χ2v) is 29.5. The largest absolute Gasteiger partial charge is 0.456 e. The van der Waals surface area contributed by atoms with E-state index in [0.29, 0.717) is 36.4 Å². The van der Waals surface area contributed by atoms with E-state index in [4.69, 9.17) is 66.0 Å².